The van der Waals surface area contributed by atoms with Crippen molar-refractivity contribution in [3.8, 4) is 0 Å². The van der Waals surface area contributed by atoms with Crippen LogP contribution in [0.1, 0.15) is 45.4 Å². The summed E-state index contributed by atoms with van der Waals surface area (Å²) in [5.74, 6) is 1.68. The molecule has 2 heterocycles. The Morgan fingerprint density at radius 1 is 1.30 bits per heavy atom. The van der Waals surface area contributed by atoms with Crippen molar-refractivity contribution in [2.75, 3.05) is 13.1 Å². The third kappa shape index (κ3) is 4.50. The van der Waals surface area contributed by atoms with Gasteiger partial charge in [0.1, 0.15) is 5.82 Å². The molecule has 1 aromatic heterocycles. The van der Waals surface area contributed by atoms with Gasteiger partial charge in [-0.15, -0.1) is 0 Å². The molecule has 0 radical (unpaired) electrons. The quantitative estimate of drug-likeness (QED) is 0.815. The van der Waals surface area contributed by atoms with Crippen molar-refractivity contribution >= 4 is 27.0 Å². The van der Waals surface area contributed by atoms with Gasteiger partial charge in [-0.3, -0.25) is 4.79 Å². The number of likely N-dealkylation sites (tertiary alicyclic amines) is 1. The Morgan fingerprint density at radius 2 is 2.00 bits per heavy atom. The number of amides is 1. The lowest BCUT2D eigenvalue weighted by atomic mass is 9.99. The van der Waals surface area contributed by atoms with Crippen molar-refractivity contribution in [1.29, 1.82) is 0 Å². The van der Waals surface area contributed by atoms with Crippen molar-refractivity contribution in [2.45, 2.75) is 57.4 Å². The molecule has 27 heavy (non-hydrogen) atoms. The number of carbonyl (C=O) groups is 1. The molecular weight excluding hydrogens is 364 g/mol. The number of imidazole rings is 1. The molecule has 8 heteroatoms. The fourth-order valence-electron chi connectivity index (χ4n) is 3.64. The summed E-state index contributed by atoms with van der Waals surface area (Å²) in [6.45, 7) is 6.75. The Hall–Kier alpha value is -1.93. The van der Waals surface area contributed by atoms with Crippen LogP contribution in [0.4, 0.5) is 0 Å². The number of hydrogen-bond acceptors (Lipinski definition) is 4. The van der Waals surface area contributed by atoms with Crippen molar-refractivity contribution in [3.05, 3.63) is 24.0 Å². The molecule has 148 valence electrons. The number of carbonyl (C=O) groups excluding carboxylic acids is 1. The van der Waals surface area contributed by atoms with E-state index in [1.54, 1.807) is 6.07 Å². The second-order valence-corrected chi connectivity index (χ2v) is 9.00. The minimum Gasteiger partial charge on any atom is -0.343 e. The summed E-state index contributed by atoms with van der Waals surface area (Å²) >= 11 is 0. The fourth-order valence-corrected chi connectivity index (χ4v) is 4.17. The topological polar surface area (TPSA) is 98.3 Å². The van der Waals surface area contributed by atoms with Crippen LogP contribution < -0.4 is 5.14 Å². The number of nitrogens with zero attached hydrogens (tertiary/aromatic N) is 3. The van der Waals surface area contributed by atoms with Crippen LogP contribution in [0.25, 0.3) is 11.0 Å². The number of rotatable bonds is 6. The van der Waals surface area contributed by atoms with Gasteiger partial charge in [-0.1, -0.05) is 13.8 Å². The number of aromatic nitrogens is 2. The number of piperidine rings is 1. The van der Waals surface area contributed by atoms with Crippen molar-refractivity contribution in [2.24, 2.45) is 11.1 Å². The lowest BCUT2D eigenvalue weighted by molar-refractivity contribution is -0.132. The molecule has 3 rings (SSSR count). The van der Waals surface area contributed by atoms with E-state index in [0.717, 1.165) is 50.2 Å². The molecule has 1 fully saturated rings. The van der Waals surface area contributed by atoms with Gasteiger partial charge >= 0.3 is 0 Å². The van der Waals surface area contributed by atoms with E-state index < -0.39 is 10.0 Å². The highest BCUT2D eigenvalue weighted by molar-refractivity contribution is 7.89. The predicted molar refractivity (Wildman–Crippen MR) is 105 cm³/mol. The monoisotopic (exact) mass is 392 g/mol. The standard InChI is InChI=1S/C19H28N4O3S/c1-3-10-23-17-5-4-15(27(20,25)26)13-16(17)21-18(23)6-7-19(24)22-11-8-14(2)9-12-22/h4-5,13-14H,3,6-12H2,1-2H3,(H2,20,25,26). The second-order valence-electron chi connectivity index (χ2n) is 7.44. The van der Waals surface area contributed by atoms with Crippen LogP contribution in [-0.4, -0.2) is 41.9 Å². The molecule has 0 saturated carbocycles. The maximum Gasteiger partial charge on any atom is 0.238 e. The predicted octanol–water partition coefficient (Wildman–Crippen LogP) is 2.28. The van der Waals surface area contributed by atoms with Gasteiger partial charge in [0.2, 0.25) is 15.9 Å². The van der Waals surface area contributed by atoms with E-state index in [2.05, 4.69) is 23.4 Å². The zero-order chi connectivity index (χ0) is 19.6. The maximum atomic E-state index is 12.5. The highest BCUT2D eigenvalue weighted by Gasteiger charge is 2.21. The zero-order valence-electron chi connectivity index (χ0n) is 16.0. The van der Waals surface area contributed by atoms with E-state index in [-0.39, 0.29) is 10.8 Å². The molecule has 0 bridgehead atoms. The molecule has 1 amide bonds. The Morgan fingerprint density at radius 3 is 2.63 bits per heavy atom. The van der Waals surface area contributed by atoms with Gasteiger partial charge in [0.05, 0.1) is 15.9 Å². The number of benzene rings is 1. The van der Waals surface area contributed by atoms with E-state index in [1.165, 1.54) is 12.1 Å². The largest absolute Gasteiger partial charge is 0.343 e. The average Bonchev–Trinajstić information content (AvgIpc) is 2.97. The van der Waals surface area contributed by atoms with E-state index in [1.807, 2.05) is 4.90 Å². The molecule has 1 aliphatic rings. The third-order valence-electron chi connectivity index (χ3n) is 5.27. The first-order chi connectivity index (χ1) is 12.8. The summed E-state index contributed by atoms with van der Waals surface area (Å²) < 4.78 is 25.3. The number of hydrogen-bond donors (Lipinski definition) is 1. The van der Waals surface area contributed by atoms with Crippen molar-refractivity contribution in [3.63, 3.8) is 0 Å². The Labute approximate surface area is 160 Å². The van der Waals surface area contributed by atoms with Crippen LogP contribution in [0, 0.1) is 5.92 Å². The van der Waals surface area contributed by atoms with Gasteiger partial charge < -0.3 is 9.47 Å². The summed E-state index contributed by atoms with van der Waals surface area (Å²) in [7, 11) is -3.76. The van der Waals surface area contributed by atoms with Crippen molar-refractivity contribution in [1.82, 2.24) is 14.5 Å². The Bertz CT molecular complexity index is 928. The summed E-state index contributed by atoms with van der Waals surface area (Å²) in [6, 6.07) is 4.76. The zero-order valence-corrected chi connectivity index (χ0v) is 16.8. The normalized spacial score (nSPS) is 16.2. The number of sulfonamides is 1. The van der Waals surface area contributed by atoms with Crippen LogP contribution in [0.15, 0.2) is 23.1 Å². The fraction of sp³-hybridized carbons (Fsp3) is 0.579. The number of aryl methyl sites for hydroxylation is 2. The molecule has 1 saturated heterocycles. The lowest BCUT2D eigenvalue weighted by Gasteiger charge is -2.30. The molecule has 0 atom stereocenters. The molecule has 7 nitrogen and oxygen atoms in total. The number of nitrogens with two attached hydrogens (primary N) is 1. The molecule has 2 aromatic rings. The van der Waals surface area contributed by atoms with E-state index in [4.69, 9.17) is 5.14 Å². The summed E-state index contributed by atoms with van der Waals surface area (Å²) in [5, 5.41) is 5.23. The van der Waals surface area contributed by atoms with Crippen LogP contribution in [0.5, 0.6) is 0 Å². The number of fused-ring (bicyclic) bond motifs is 1. The summed E-state index contributed by atoms with van der Waals surface area (Å²) in [6.07, 6.45) is 4.02. The van der Waals surface area contributed by atoms with Gasteiger partial charge in [-0.25, -0.2) is 18.5 Å². The second kappa shape index (κ2) is 7.98. The summed E-state index contributed by atoms with van der Waals surface area (Å²) in [4.78, 5) is 19.2. The first kappa shape index (κ1) is 19.8. The first-order valence-corrected chi connectivity index (χ1v) is 11.1. The molecule has 0 unspecified atom stereocenters. The molecule has 1 aromatic carbocycles. The van der Waals surface area contributed by atoms with E-state index >= 15 is 0 Å². The highest BCUT2D eigenvalue weighted by Crippen LogP contribution is 2.22. The lowest BCUT2D eigenvalue weighted by Crippen LogP contribution is -2.38. The first-order valence-electron chi connectivity index (χ1n) is 9.59. The Balaban J connectivity index is 1.80. The van der Waals surface area contributed by atoms with Gasteiger partial charge in [0.15, 0.2) is 0 Å². The minimum atomic E-state index is -3.76. The molecule has 0 spiro atoms. The van der Waals surface area contributed by atoms with E-state index in [9.17, 15) is 13.2 Å². The maximum absolute atomic E-state index is 12.5. The van der Waals surface area contributed by atoms with Gasteiger partial charge in [0, 0.05) is 32.5 Å². The highest BCUT2D eigenvalue weighted by atomic mass is 32.2. The van der Waals surface area contributed by atoms with Crippen LogP contribution in [0.3, 0.4) is 0 Å². The van der Waals surface area contributed by atoms with Gasteiger partial charge in [-0.05, 0) is 43.4 Å². The number of primary sulfonamides is 1. The summed E-state index contributed by atoms with van der Waals surface area (Å²) in [5.41, 5.74) is 1.47. The molecule has 0 aliphatic carbocycles. The third-order valence-corrected chi connectivity index (χ3v) is 6.18. The van der Waals surface area contributed by atoms with E-state index in [0.29, 0.717) is 24.3 Å². The van der Waals surface area contributed by atoms with Crippen LogP contribution >= 0.6 is 0 Å². The van der Waals surface area contributed by atoms with Crippen LogP contribution in [-0.2, 0) is 27.8 Å². The van der Waals surface area contributed by atoms with Crippen LogP contribution in [0.2, 0.25) is 0 Å². The molecule has 2 N–H and O–H groups in total. The van der Waals surface area contributed by atoms with Gasteiger partial charge in [0.25, 0.3) is 0 Å². The van der Waals surface area contributed by atoms with Gasteiger partial charge in [-0.2, -0.15) is 0 Å². The smallest absolute Gasteiger partial charge is 0.238 e. The Kier molecular flexibility index (Phi) is 5.86. The average molecular weight is 393 g/mol. The van der Waals surface area contributed by atoms with Crippen molar-refractivity contribution < 1.29 is 13.2 Å². The molecule has 1 aliphatic heterocycles. The molecular formula is C19H28N4O3S. The minimum absolute atomic E-state index is 0.0567. The SMILES string of the molecule is CCCn1c(CCC(=O)N2CCC(C)CC2)nc2cc(S(N)(=O)=O)ccc21.